The molecule has 1 saturated heterocycles. The molecule has 1 aliphatic heterocycles. The summed E-state index contributed by atoms with van der Waals surface area (Å²) < 4.78 is 0. The Hall–Kier alpha value is -1.06. The summed E-state index contributed by atoms with van der Waals surface area (Å²) >= 11 is 0. The Balaban J connectivity index is 1.97. The van der Waals surface area contributed by atoms with Gasteiger partial charge in [0.2, 0.25) is 5.91 Å². The van der Waals surface area contributed by atoms with Gasteiger partial charge in [-0.05, 0) is 25.7 Å². The van der Waals surface area contributed by atoms with Gasteiger partial charge in [-0.2, -0.15) is 0 Å². The lowest BCUT2D eigenvalue weighted by molar-refractivity contribution is -0.121. The molecule has 0 aromatic carbocycles. The summed E-state index contributed by atoms with van der Waals surface area (Å²) in [5, 5.41) is 6.00. The second-order valence-electron chi connectivity index (χ2n) is 4.33. The van der Waals surface area contributed by atoms with E-state index < -0.39 is 0 Å². The van der Waals surface area contributed by atoms with Crippen LogP contribution in [0.5, 0.6) is 0 Å². The highest BCUT2D eigenvalue weighted by Crippen LogP contribution is 2.27. The van der Waals surface area contributed by atoms with Crippen molar-refractivity contribution in [2.45, 2.75) is 45.1 Å². The number of rotatable bonds is 2. The molecule has 0 radical (unpaired) electrons. The Labute approximate surface area is 90.5 Å². The minimum absolute atomic E-state index is 0.0319. The van der Waals surface area contributed by atoms with Gasteiger partial charge >= 0.3 is 0 Å². The van der Waals surface area contributed by atoms with Crippen molar-refractivity contribution >= 4 is 11.9 Å². The first-order valence-electron chi connectivity index (χ1n) is 5.93. The summed E-state index contributed by atoms with van der Waals surface area (Å²) in [4.78, 5) is 15.9. The molecular weight excluding hydrogens is 190 g/mol. The van der Waals surface area contributed by atoms with Gasteiger partial charge in [0, 0.05) is 6.54 Å². The lowest BCUT2D eigenvalue weighted by atomic mass is 9.84. The van der Waals surface area contributed by atoms with Gasteiger partial charge in [-0.3, -0.25) is 15.1 Å². The highest BCUT2D eigenvalue weighted by Gasteiger charge is 2.35. The molecule has 1 amide bonds. The third-order valence-electron chi connectivity index (χ3n) is 3.25. The molecule has 1 heterocycles. The summed E-state index contributed by atoms with van der Waals surface area (Å²) in [6.07, 6.45) is 6.18. The van der Waals surface area contributed by atoms with E-state index in [0.717, 1.165) is 0 Å². The van der Waals surface area contributed by atoms with E-state index in [4.69, 9.17) is 0 Å². The normalized spacial score (nSPS) is 30.3. The molecule has 1 unspecified atom stereocenters. The molecule has 2 fully saturated rings. The quantitative estimate of drug-likeness (QED) is 0.713. The van der Waals surface area contributed by atoms with Crippen molar-refractivity contribution in [3.05, 3.63) is 0 Å². The predicted molar refractivity (Wildman–Crippen MR) is 59.6 cm³/mol. The lowest BCUT2D eigenvalue weighted by Crippen LogP contribution is -2.38. The van der Waals surface area contributed by atoms with Crippen LogP contribution in [0.4, 0.5) is 0 Å². The Morgan fingerprint density at radius 2 is 2.07 bits per heavy atom. The zero-order valence-corrected chi connectivity index (χ0v) is 9.25. The molecule has 2 N–H and O–H groups in total. The van der Waals surface area contributed by atoms with E-state index in [1.165, 1.54) is 32.1 Å². The van der Waals surface area contributed by atoms with Crippen molar-refractivity contribution in [1.29, 1.82) is 0 Å². The van der Waals surface area contributed by atoms with E-state index in [2.05, 4.69) is 15.6 Å². The molecule has 0 aromatic rings. The number of aliphatic imine (C=N–C) groups is 1. The number of carbonyl (C=O) groups is 1. The molecular formula is C11H19N3O. The summed E-state index contributed by atoms with van der Waals surface area (Å²) in [7, 11) is 0. The van der Waals surface area contributed by atoms with Crippen molar-refractivity contribution in [3.8, 4) is 0 Å². The van der Waals surface area contributed by atoms with Crippen LogP contribution < -0.4 is 10.6 Å². The maximum Gasteiger partial charge on any atom is 0.249 e. The molecule has 0 bridgehead atoms. The first-order chi connectivity index (χ1) is 7.31. The van der Waals surface area contributed by atoms with Gasteiger partial charge in [0.05, 0.1) is 0 Å². The predicted octanol–water partition coefficient (Wildman–Crippen LogP) is 1.03. The smallest absolute Gasteiger partial charge is 0.249 e. The van der Waals surface area contributed by atoms with Crippen LogP contribution >= 0.6 is 0 Å². The van der Waals surface area contributed by atoms with E-state index in [0.29, 0.717) is 18.4 Å². The molecule has 84 valence electrons. The van der Waals surface area contributed by atoms with Crippen LogP contribution in [0.15, 0.2) is 4.99 Å². The number of nitrogens with zero attached hydrogens (tertiary/aromatic N) is 1. The van der Waals surface area contributed by atoms with Gasteiger partial charge in [0.15, 0.2) is 5.96 Å². The molecule has 2 aliphatic rings. The van der Waals surface area contributed by atoms with Gasteiger partial charge in [-0.25, -0.2) is 0 Å². The highest BCUT2D eigenvalue weighted by atomic mass is 16.2. The van der Waals surface area contributed by atoms with Crippen molar-refractivity contribution in [2.24, 2.45) is 10.9 Å². The van der Waals surface area contributed by atoms with E-state index in [1.54, 1.807) is 0 Å². The van der Waals surface area contributed by atoms with E-state index in [9.17, 15) is 4.79 Å². The fourth-order valence-electron chi connectivity index (χ4n) is 2.49. The Bertz CT molecular complexity index is 269. The fourth-order valence-corrected chi connectivity index (χ4v) is 2.49. The Morgan fingerprint density at radius 3 is 2.73 bits per heavy atom. The van der Waals surface area contributed by atoms with Gasteiger partial charge in [-0.15, -0.1) is 0 Å². The first kappa shape index (κ1) is 10.5. The number of hydrogen-bond acceptors (Lipinski definition) is 2. The number of amides is 1. The third-order valence-corrected chi connectivity index (χ3v) is 3.25. The number of hydrogen-bond donors (Lipinski definition) is 2. The molecule has 0 spiro atoms. The summed E-state index contributed by atoms with van der Waals surface area (Å²) in [5.74, 6) is 1.27. The Kier molecular flexibility index (Phi) is 3.23. The van der Waals surface area contributed by atoms with Crippen LogP contribution in [-0.4, -0.2) is 24.5 Å². The minimum Gasteiger partial charge on any atom is -0.344 e. The van der Waals surface area contributed by atoms with Gasteiger partial charge in [-0.1, -0.05) is 19.3 Å². The van der Waals surface area contributed by atoms with Crippen LogP contribution in [0.3, 0.4) is 0 Å². The molecule has 4 heteroatoms. The zero-order valence-electron chi connectivity index (χ0n) is 9.25. The molecule has 1 aliphatic carbocycles. The summed E-state index contributed by atoms with van der Waals surface area (Å²) in [5.41, 5.74) is 0. The minimum atomic E-state index is -0.0319. The number of guanidine groups is 1. The Morgan fingerprint density at radius 1 is 1.33 bits per heavy atom. The van der Waals surface area contributed by atoms with Crippen molar-refractivity contribution in [3.63, 3.8) is 0 Å². The monoisotopic (exact) mass is 209 g/mol. The summed E-state index contributed by atoms with van der Waals surface area (Å²) in [6, 6.07) is -0.0319. The number of nitrogens with one attached hydrogen (secondary N) is 2. The average molecular weight is 209 g/mol. The van der Waals surface area contributed by atoms with Gasteiger partial charge < -0.3 is 5.32 Å². The molecule has 2 rings (SSSR count). The fraction of sp³-hybridized carbons (Fsp3) is 0.818. The van der Waals surface area contributed by atoms with Crippen LogP contribution in [-0.2, 0) is 4.79 Å². The second kappa shape index (κ2) is 4.64. The molecule has 0 aromatic heterocycles. The van der Waals surface area contributed by atoms with E-state index >= 15 is 0 Å². The standard InChI is InChI=1S/C11H19N3O/c1-2-12-11-13-9(10(15)14-11)8-6-4-3-5-7-8/h8-9H,2-7H2,1H3,(H2,12,13,14,15). The van der Waals surface area contributed by atoms with Gasteiger partial charge in [0.25, 0.3) is 0 Å². The van der Waals surface area contributed by atoms with Crippen molar-refractivity contribution < 1.29 is 4.79 Å². The molecule has 4 nitrogen and oxygen atoms in total. The maximum absolute atomic E-state index is 11.7. The molecule has 15 heavy (non-hydrogen) atoms. The highest BCUT2D eigenvalue weighted by molar-refractivity contribution is 6.06. The third kappa shape index (κ3) is 2.30. The van der Waals surface area contributed by atoms with Crippen LogP contribution in [0.1, 0.15) is 39.0 Å². The molecule has 1 atom stereocenters. The van der Waals surface area contributed by atoms with Crippen LogP contribution in [0.25, 0.3) is 0 Å². The lowest BCUT2D eigenvalue weighted by Gasteiger charge is -2.25. The second-order valence-corrected chi connectivity index (χ2v) is 4.33. The van der Waals surface area contributed by atoms with Gasteiger partial charge in [0.1, 0.15) is 6.04 Å². The topological polar surface area (TPSA) is 53.5 Å². The SMILES string of the molecule is CCN=C1NC(=O)C(C2CCCCC2)N1. The molecule has 1 saturated carbocycles. The zero-order chi connectivity index (χ0) is 10.7. The van der Waals surface area contributed by atoms with Crippen LogP contribution in [0, 0.1) is 5.92 Å². The number of carbonyl (C=O) groups excluding carboxylic acids is 1. The van der Waals surface area contributed by atoms with E-state index in [1.807, 2.05) is 6.92 Å². The average Bonchev–Trinajstić information content (AvgIpc) is 2.61. The van der Waals surface area contributed by atoms with Crippen molar-refractivity contribution in [1.82, 2.24) is 10.6 Å². The van der Waals surface area contributed by atoms with Crippen molar-refractivity contribution in [2.75, 3.05) is 6.54 Å². The maximum atomic E-state index is 11.7. The largest absolute Gasteiger partial charge is 0.344 e. The summed E-state index contributed by atoms with van der Waals surface area (Å²) in [6.45, 7) is 2.68. The van der Waals surface area contributed by atoms with E-state index in [-0.39, 0.29) is 11.9 Å². The first-order valence-corrected chi connectivity index (χ1v) is 5.93. The van der Waals surface area contributed by atoms with Crippen LogP contribution in [0.2, 0.25) is 0 Å².